The fourth-order valence-corrected chi connectivity index (χ4v) is 5.56. The monoisotopic (exact) mass is 515 g/mol. The van der Waals surface area contributed by atoms with Gasteiger partial charge in [0.1, 0.15) is 23.9 Å². The van der Waals surface area contributed by atoms with Crippen molar-refractivity contribution in [3.8, 4) is 23.6 Å². The van der Waals surface area contributed by atoms with Crippen molar-refractivity contribution in [3.05, 3.63) is 51.4 Å². The lowest BCUT2D eigenvalue weighted by atomic mass is 9.99. The zero-order valence-electron chi connectivity index (χ0n) is 22.7. The van der Waals surface area contributed by atoms with E-state index in [0.717, 1.165) is 23.6 Å². The number of hydrogen-bond acceptors (Lipinski definition) is 8. The Morgan fingerprint density at radius 2 is 1.92 bits per heavy atom. The Balaban J connectivity index is 1.47. The number of hydrogen-bond donors (Lipinski definition) is 0. The summed E-state index contributed by atoms with van der Waals surface area (Å²) in [5.74, 6) is 2.01. The number of benzene rings is 1. The molecule has 3 aromatic rings. The Morgan fingerprint density at radius 1 is 1.16 bits per heavy atom. The number of piperazine rings is 1. The molecule has 0 N–H and O–H groups in total. The van der Waals surface area contributed by atoms with E-state index < -0.39 is 0 Å². The molecule has 0 amide bonds. The van der Waals surface area contributed by atoms with Gasteiger partial charge in [-0.1, -0.05) is 6.07 Å². The van der Waals surface area contributed by atoms with E-state index in [0.29, 0.717) is 30.3 Å². The van der Waals surface area contributed by atoms with E-state index in [1.165, 1.54) is 4.57 Å². The fraction of sp³-hybridized carbons (Fsp3) is 0.500. The average molecular weight is 516 g/mol. The lowest BCUT2D eigenvalue weighted by molar-refractivity contribution is 0.0209. The molecule has 0 spiro atoms. The van der Waals surface area contributed by atoms with E-state index in [1.54, 1.807) is 17.6 Å². The van der Waals surface area contributed by atoms with E-state index >= 15 is 0 Å². The second kappa shape index (κ2) is 9.38. The maximum absolute atomic E-state index is 13.1. The SMILES string of the molecule is C[C@@H]1CN(c2c(C#N)c(=O)n(C)c3cc(CC#N)nn23)[C@@H](C)CN1[C@H](C)c1ccc2c(c1)OC(C)(C)CO2. The van der Waals surface area contributed by atoms with Gasteiger partial charge in [0, 0.05) is 44.3 Å². The van der Waals surface area contributed by atoms with Crippen LogP contribution in [0.5, 0.6) is 11.5 Å². The van der Waals surface area contributed by atoms with E-state index in [4.69, 9.17) is 9.47 Å². The van der Waals surface area contributed by atoms with Crippen LogP contribution in [-0.4, -0.2) is 56.5 Å². The topological polar surface area (TPSA) is 112 Å². The highest BCUT2D eigenvalue weighted by atomic mass is 16.6. The summed E-state index contributed by atoms with van der Waals surface area (Å²) in [5, 5.41) is 23.8. The molecule has 1 fully saturated rings. The van der Waals surface area contributed by atoms with Crippen LogP contribution in [0.25, 0.3) is 5.65 Å². The van der Waals surface area contributed by atoms with Gasteiger partial charge in [-0.05, 0) is 52.3 Å². The number of anilines is 1. The van der Waals surface area contributed by atoms with E-state index in [9.17, 15) is 15.3 Å². The maximum atomic E-state index is 13.1. The summed E-state index contributed by atoms with van der Waals surface area (Å²) >= 11 is 0. The number of nitriles is 2. The van der Waals surface area contributed by atoms with E-state index in [-0.39, 0.29) is 41.3 Å². The van der Waals surface area contributed by atoms with Crippen LogP contribution in [0.4, 0.5) is 5.82 Å². The van der Waals surface area contributed by atoms with E-state index in [1.807, 2.05) is 19.9 Å². The molecule has 0 saturated carbocycles. The summed E-state index contributed by atoms with van der Waals surface area (Å²) in [6, 6.07) is 12.3. The lowest BCUT2D eigenvalue weighted by Gasteiger charge is -2.47. The summed E-state index contributed by atoms with van der Waals surface area (Å²) < 4.78 is 15.1. The van der Waals surface area contributed by atoms with Crippen molar-refractivity contribution >= 4 is 11.5 Å². The van der Waals surface area contributed by atoms with Crippen LogP contribution in [-0.2, 0) is 13.5 Å². The molecule has 10 heteroatoms. The van der Waals surface area contributed by atoms with Gasteiger partial charge in [0.05, 0.1) is 18.2 Å². The van der Waals surface area contributed by atoms with Crippen molar-refractivity contribution < 1.29 is 9.47 Å². The Kier molecular flexibility index (Phi) is 6.32. The number of aromatic nitrogens is 3. The third-order valence-corrected chi connectivity index (χ3v) is 7.61. The third kappa shape index (κ3) is 4.25. The first-order chi connectivity index (χ1) is 18.0. The Morgan fingerprint density at radius 3 is 2.63 bits per heavy atom. The molecule has 38 heavy (non-hydrogen) atoms. The molecule has 5 rings (SSSR count). The average Bonchev–Trinajstić information content (AvgIpc) is 3.30. The number of fused-ring (bicyclic) bond motifs is 2. The quantitative estimate of drug-likeness (QED) is 0.521. The summed E-state index contributed by atoms with van der Waals surface area (Å²) in [5.41, 5.74) is 1.57. The minimum atomic E-state index is -0.377. The van der Waals surface area contributed by atoms with Gasteiger partial charge in [0.2, 0.25) is 0 Å². The molecule has 0 radical (unpaired) electrons. The Labute approximate surface area is 222 Å². The van der Waals surface area contributed by atoms with Crippen molar-refractivity contribution in [2.45, 2.75) is 64.8 Å². The van der Waals surface area contributed by atoms with Gasteiger partial charge in [-0.3, -0.25) is 14.3 Å². The standard InChI is InChI=1S/C28H33N7O3/c1-17-15-34(26-22(13-30)27(36)32(6)25-12-21(9-10-29)31-35(25)26)18(2)14-33(17)19(3)20-7-8-23-24(11-20)38-28(4,5)16-37-23/h7-8,11-12,17-19H,9,14-16H2,1-6H3/t17-,18+,19-/m1/s1. The van der Waals surface area contributed by atoms with Crippen LogP contribution < -0.4 is 19.9 Å². The number of rotatable bonds is 4. The number of ether oxygens (including phenoxy) is 2. The van der Waals surface area contributed by atoms with Gasteiger partial charge in [-0.25, -0.2) is 0 Å². The highest BCUT2D eigenvalue weighted by Gasteiger charge is 2.36. The van der Waals surface area contributed by atoms with Crippen molar-refractivity contribution in [2.75, 3.05) is 24.6 Å². The van der Waals surface area contributed by atoms with Gasteiger partial charge in [0.25, 0.3) is 5.56 Å². The molecular weight excluding hydrogens is 482 g/mol. The summed E-state index contributed by atoms with van der Waals surface area (Å²) in [7, 11) is 1.63. The van der Waals surface area contributed by atoms with Crippen LogP contribution in [0, 0.1) is 22.7 Å². The van der Waals surface area contributed by atoms with Crippen LogP contribution in [0.2, 0.25) is 0 Å². The first-order valence-electron chi connectivity index (χ1n) is 12.9. The third-order valence-electron chi connectivity index (χ3n) is 7.61. The van der Waals surface area contributed by atoms with Gasteiger partial charge in [0.15, 0.2) is 22.9 Å². The lowest BCUT2D eigenvalue weighted by Crippen LogP contribution is -2.58. The molecule has 2 aromatic heterocycles. The molecule has 1 saturated heterocycles. The molecule has 10 nitrogen and oxygen atoms in total. The summed E-state index contributed by atoms with van der Waals surface area (Å²) in [6.07, 6.45) is 0.126. The number of nitrogens with zero attached hydrogens (tertiary/aromatic N) is 7. The summed E-state index contributed by atoms with van der Waals surface area (Å²) in [6.45, 7) is 12.3. The molecule has 3 atom stereocenters. The van der Waals surface area contributed by atoms with Gasteiger partial charge >= 0.3 is 0 Å². The molecule has 0 aliphatic carbocycles. The Hall–Kier alpha value is -4.02. The van der Waals surface area contributed by atoms with Gasteiger partial charge < -0.3 is 14.4 Å². The van der Waals surface area contributed by atoms with Crippen LogP contribution in [0.3, 0.4) is 0 Å². The van der Waals surface area contributed by atoms with Gasteiger partial charge in [-0.2, -0.15) is 20.1 Å². The molecule has 4 heterocycles. The predicted molar refractivity (Wildman–Crippen MR) is 142 cm³/mol. The van der Waals surface area contributed by atoms with Crippen molar-refractivity contribution in [3.63, 3.8) is 0 Å². The molecule has 2 aliphatic heterocycles. The molecule has 2 aliphatic rings. The van der Waals surface area contributed by atoms with Crippen LogP contribution in [0.1, 0.15) is 57.5 Å². The molecular formula is C28H33N7O3. The zero-order chi connectivity index (χ0) is 27.4. The normalized spacial score (nSPS) is 21.6. The number of aryl methyl sites for hydroxylation is 1. The highest BCUT2D eigenvalue weighted by molar-refractivity contribution is 5.61. The van der Waals surface area contributed by atoms with Crippen LogP contribution >= 0.6 is 0 Å². The van der Waals surface area contributed by atoms with E-state index in [2.05, 4.69) is 59.9 Å². The highest BCUT2D eigenvalue weighted by Crippen LogP contribution is 2.39. The molecule has 0 bridgehead atoms. The molecule has 198 valence electrons. The summed E-state index contributed by atoms with van der Waals surface area (Å²) in [4.78, 5) is 17.7. The smallest absolute Gasteiger partial charge is 0.273 e. The Bertz CT molecular complexity index is 1540. The second-order valence-corrected chi connectivity index (χ2v) is 11.0. The largest absolute Gasteiger partial charge is 0.486 e. The molecule has 1 aromatic carbocycles. The maximum Gasteiger partial charge on any atom is 0.273 e. The molecule has 0 unspecified atom stereocenters. The van der Waals surface area contributed by atoms with Crippen molar-refractivity contribution in [2.24, 2.45) is 7.05 Å². The minimum absolute atomic E-state index is 0.00387. The van der Waals surface area contributed by atoms with Crippen LogP contribution in [0.15, 0.2) is 29.1 Å². The van der Waals surface area contributed by atoms with Gasteiger partial charge in [-0.15, -0.1) is 0 Å². The predicted octanol–water partition coefficient (Wildman–Crippen LogP) is 3.18. The first-order valence-corrected chi connectivity index (χ1v) is 12.9. The van der Waals surface area contributed by atoms with Crippen molar-refractivity contribution in [1.29, 1.82) is 10.5 Å². The minimum Gasteiger partial charge on any atom is -0.486 e. The van der Waals surface area contributed by atoms with Crippen molar-refractivity contribution in [1.82, 2.24) is 19.1 Å². The first kappa shape index (κ1) is 25.6. The second-order valence-electron chi connectivity index (χ2n) is 11.0. The zero-order valence-corrected chi connectivity index (χ0v) is 22.7. The fourth-order valence-electron chi connectivity index (χ4n) is 5.56.